The minimum absolute atomic E-state index is 0.0510. The highest BCUT2D eigenvalue weighted by molar-refractivity contribution is 7.89. The molecular weight excluding hydrogens is 290 g/mol. The molecule has 0 bridgehead atoms. The van der Waals surface area contributed by atoms with Gasteiger partial charge in [-0.2, -0.15) is 9.98 Å². The lowest BCUT2D eigenvalue weighted by Gasteiger charge is -2.11. The van der Waals surface area contributed by atoms with E-state index in [9.17, 15) is 13.2 Å². The first kappa shape index (κ1) is 13.8. The molecule has 1 heterocycles. The Bertz CT molecular complexity index is 666. The number of carbonyl (C=O) groups is 1. The van der Waals surface area contributed by atoms with Gasteiger partial charge < -0.3 is 5.32 Å². The summed E-state index contributed by atoms with van der Waals surface area (Å²) in [5, 5.41) is 11.2. The highest BCUT2D eigenvalue weighted by Crippen LogP contribution is 2.23. The number of halogens is 1. The highest BCUT2D eigenvalue weighted by Gasteiger charge is 2.30. The van der Waals surface area contributed by atoms with Crippen LogP contribution in [0.1, 0.15) is 12.0 Å². The van der Waals surface area contributed by atoms with Crippen molar-refractivity contribution in [1.29, 1.82) is 5.26 Å². The van der Waals surface area contributed by atoms with E-state index in [-0.39, 0.29) is 21.4 Å². The molecule has 0 unspecified atom stereocenters. The number of amides is 1. The molecule has 8 heteroatoms. The topological polar surface area (TPSA) is 99.1 Å². The number of carbonyl (C=O) groups excluding carboxylic acids is 1. The molecule has 1 aliphatic heterocycles. The van der Waals surface area contributed by atoms with Crippen LogP contribution in [0.4, 0.5) is 0 Å². The van der Waals surface area contributed by atoms with E-state index in [0.717, 1.165) is 0 Å². The van der Waals surface area contributed by atoms with Crippen molar-refractivity contribution in [3.05, 3.63) is 28.8 Å². The summed E-state index contributed by atoms with van der Waals surface area (Å²) in [5.74, 6) is -0.353. The first-order valence-corrected chi connectivity index (χ1v) is 7.30. The van der Waals surface area contributed by atoms with E-state index < -0.39 is 16.1 Å². The minimum atomic E-state index is -3.88. The molecule has 100 valence electrons. The second kappa shape index (κ2) is 5.17. The predicted molar refractivity (Wildman–Crippen MR) is 67.9 cm³/mol. The molecule has 0 aliphatic carbocycles. The second-order valence-electron chi connectivity index (χ2n) is 4.01. The lowest BCUT2D eigenvalue weighted by molar-refractivity contribution is -0.120. The highest BCUT2D eigenvalue weighted by atomic mass is 35.5. The molecule has 1 amide bonds. The summed E-state index contributed by atoms with van der Waals surface area (Å²) in [6.45, 7) is 0.438. The van der Waals surface area contributed by atoms with Crippen LogP contribution in [0.2, 0.25) is 5.02 Å². The molecule has 0 saturated carbocycles. The smallest absolute Gasteiger partial charge is 0.242 e. The monoisotopic (exact) mass is 299 g/mol. The van der Waals surface area contributed by atoms with Gasteiger partial charge in [0.1, 0.15) is 10.9 Å². The Labute approximate surface area is 115 Å². The number of benzene rings is 1. The number of sulfonamides is 1. The summed E-state index contributed by atoms with van der Waals surface area (Å²) in [5.41, 5.74) is 0.266. The van der Waals surface area contributed by atoms with E-state index in [1.165, 1.54) is 18.2 Å². The summed E-state index contributed by atoms with van der Waals surface area (Å²) in [6.07, 6.45) is 0.395. The molecule has 0 radical (unpaired) electrons. The fourth-order valence-electron chi connectivity index (χ4n) is 1.75. The molecule has 1 aromatic rings. The van der Waals surface area contributed by atoms with Crippen molar-refractivity contribution in [2.24, 2.45) is 0 Å². The van der Waals surface area contributed by atoms with Gasteiger partial charge in [-0.3, -0.25) is 4.79 Å². The summed E-state index contributed by atoms with van der Waals surface area (Å²) >= 11 is 5.84. The molecule has 1 atom stereocenters. The summed E-state index contributed by atoms with van der Waals surface area (Å²) < 4.78 is 26.5. The fourth-order valence-corrected chi connectivity index (χ4v) is 3.52. The molecule has 2 N–H and O–H groups in total. The molecule has 19 heavy (non-hydrogen) atoms. The van der Waals surface area contributed by atoms with E-state index in [1.807, 2.05) is 6.07 Å². The van der Waals surface area contributed by atoms with Crippen molar-refractivity contribution >= 4 is 27.5 Å². The quantitative estimate of drug-likeness (QED) is 0.842. The molecule has 0 aromatic heterocycles. The van der Waals surface area contributed by atoms with E-state index in [4.69, 9.17) is 16.9 Å². The lowest BCUT2D eigenvalue weighted by atomic mass is 10.2. The SMILES string of the molecule is N#Cc1ccc(S(=O)(=O)N[C@@H]2CCNC2=O)c(Cl)c1. The van der Waals surface area contributed by atoms with Crippen LogP contribution in [0, 0.1) is 11.3 Å². The zero-order chi connectivity index (χ0) is 14.0. The van der Waals surface area contributed by atoms with Crippen LogP contribution in [-0.4, -0.2) is 26.9 Å². The van der Waals surface area contributed by atoms with Gasteiger partial charge in [0.05, 0.1) is 16.7 Å². The number of hydrogen-bond acceptors (Lipinski definition) is 4. The normalized spacial score (nSPS) is 18.9. The van der Waals surface area contributed by atoms with E-state index in [1.54, 1.807) is 0 Å². The van der Waals surface area contributed by atoms with Gasteiger partial charge in [0.25, 0.3) is 0 Å². The van der Waals surface area contributed by atoms with Crippen molar-refractivity contribution in [2.45, 2.75) is 17.4 Å². The van der Waals surface area contributed by atoms with E-state index in [0.29, 0.717) is 13.0 Å². The summed E-state index contributed by atoms with van der Waals surface area (Å²) in [4.78, 5) is 11.2. The minimum Gasteiger partial charge on any atom is -0.355 e. The van der Waals surface area contributed by atoms with Crippen LogP contribution in [0.15, 0.2) is 23.1 Å². The number of nitrogens with zero attached hydrogens (tertiary/aromatic N) is 1. The first-order chi connectivity index (χ1) is 8.94. The zero-order valence-corrected chi connectivity index (χ0v) is 11.3. The van der Waals surface area contributed by atoms with Gasteiger partial charge in [0, 0.05) is 6.54 Å². The average molecular weight is 300 g/mol. The van der Waals surface area contributed by atoms with Crippen LogP contribution < -0.4 is 10.0 Å². The number of nitriles is 1. The number of hydrogen-bond donors (Lipinski definition) is 2. The predicted octanol–water partition coefficient (Wildman–Crippen LogP) is 0.378. The largest absolute Gasteiger partial charge is 0.355 e. The molecule has 2 rings (SSSR count). The third-order valence-electron chi connectivity index (χ3n) is 2.70. The first-order valence-electron chi connectivity index (χ1n) is 5.44. The molecule has 1 aliphatic rings. The van der Waals surface area contributed by atoms with Gasteiger partial charge in [0.2, 0.25) is 15.9 Å². The number of nitrogens with one attached hydrogen (secondary N) is 2. The Morgan fingerprint density at radius 1 is 1.47 bits per heavy atom. The van der Waals surface area contributed by atoms with Crippen molar-refractivity contribution in [3.8, 4) is 6.07 Å². The maximum atomic E-state index is 12.1. The maximum Gasteiger partial charge on any atom is 0.242 e. The standard InChI is InChI=1S/C11H10ClN3O3S/c12-8-5-7(6-13)1-2-10(8)19(17,18)15-9-3-4-14-11(9)16/h1-2,5,9,15H,3-4H2,(H,14,16)/t9-/m1/s1. The van der Waals surface area contributed by atoms with Gasteiger partial charge in [0.15, 0.2) is 0 Å². The van der Waals surface area contributed by atoms with Gasteiger partial charge >= 0.3 is 0 Å². The van der Waals surface area contributed by atoms with Gasteiger partial charge in [-0.15, -0.1) is 0 Å². The fraction of sp³-hybridized carbons (Fsp3) is 0.273. The van der Waals surface area contributed by atoms with Crippen molar-refractivity contribution in [1.82, 2.24) is 10.0 Å². The number of rotatable bonds is 3. The van der Waals surface area contributed by atoms with Crippen LogP contribution in [0.25, 0.3) is 0 Å². The van der Waals surface area contributed by atoms with Crippen LogP contribution >= 0.6 is 11.6 Å². The van der Waals surface area contributed by atoms with Crippen LogP contribution in [-0.2, 0) is 14.8 Å². The molecule has 1 saturated heterocycles. The van der Waals surface area contributed by atoms with Crippen LogP contribution in [0.3, 0.4) is 0 Å². The Balaban J connectivity index is 2.30. The maximum absolute atomic E-state index is 12.1. The summed E-state index contributed by atoms with van der Waals surface area (Å²) in [7, 11) is -3.88. The average Bonchev–Trinajstić information content (AvgIpc) is 2.73. The van der Waals surface area contributed by atoms with Gasteiger partial charge in [-0.25, -0.2) is 8.42 Å². The Morgan fingerprint density at radius 3 is 2.74 bits per heavy atom. The van der Waals surface area contributed by atoms with Crippen molar-refractivity contribution in [3.63, 3.8) is 0 Å². The van der Waals surface area contributed by atoms with Gasteiger partial charge in [-0.1, -0.05) is 11.6 Å². The molecule has 1 fully saturated rings. The molecule has 1 aromatic carbocycles. The van der Waals surface area contributed by atoms with Gasteiger partial charge in [-0.05, 0) is 24.6 Å². The molecule has 0 spiro atoms. The van der Waals surface area contributed by atoms with Crippen molar-refractivity contribution in [2.75, 3.05) is 6.54 Å². The second-order valence-corrected chi connectivity index (χ2v) is 6.10. The van der Waals surface area contributed by atoms with E-state index >= 15 is 0 Å². The molecule has 6 nitrogen and oxygen atoms in total. The zero-order valence-electron chi connectivity index (χ0n) is 9.68. The van der Waals surface area contributed by atoms with E-state index in [2.05, 4.69) is 10.0 Å². The molecular formula is C11H10ClN3O3S. The summed E-state index contributed by atoms with van der Waals surface area (Å²) in [6, 6.07) is 4.95. The van der Waals surface area contributed by atoms with Crippen LogP contribution in [0.5, 0.6) is 0 Å². The lowest BCUT2D eigenvalue weighted by Crippen LogP contribution is -2.40. The Hall–Kier alpha value is -1.62. The third kappa shape index (κ3) is 2.87. The Kier molecular flexibility index (Phi) is 3.75. The Morgan fingerprint density at radius 2 is 2.21 bits per heavy atom. The third-order valence-corrected chi connectivity index (χ3v) is 4.65. The van der Waals surface area contributed by atoms with Crippen molar-refractivity contribution < 1.29 is 13.2 Å².